The van der Waals surface area contributed by atoms with E-state index in [9.17, 15) is 5.11 Å². The number of hydrogen-bond donors (Lipinski definition) is 1. The van der Waals surface area contributed by atoms with Gasteiger partial charge in [-0.25, -0.2) is 0 Å². The summed E-state index contributed by atoms with van der Waals surface area (Å²) in [5.74, 6) is 0. The highest BCUT2D eigenvalue weighted by molar-refractivity contribution is 6.42. The number of aliphatic hydroxyl groups excluding tert-OH is 1. The fourth-order valence-corrected chi connectivity index (χ4v) is 2.57. The fraction of sp³-hybridized carbons (Fsp3) is 0.600. The minimum atomic E-state index is -0.565. The van der Waals surface area contributed by atoms with Crippen molar-refractivity contribution in [3.63, 3.8) is 0 Å². The van der Waals surface area contributed by atoms with Gasteiger partial charge in [-0.2, -0.15) is 0 Å². The summed E-state index contributed by atoms with van der Waals surface area (Å²) in [6, 6.07) is 5.87. The van der Waals surface area contributed by atoms with Crippen LogP contribution in [0.5, 0.6) is 0 Å². The molecule has 1 N–H and O–H groups in total. The van der Waals surface area contributed by atoms with E-state index >= 15 is 0 Å². The van der Waals surface area contributed by atoms with Crippen molar-refractivity contribution in [2.24, 2.45) is 0 Å². The Morgan fingerprint density at radius 2 is 1.89 bits per heavy atom. The first kappa shape index (κ1) is 16.8. The van der Waals surface area contributed by atoms with Gasteiger partial charge < -0.3 is 10.0 Å². The third-order valence-electron chi connectivity index (χ3n) is 3.27. The van der Waals surface area contributed by atoms with Crippen molar-refractivity contribution in [2.75, 3.05) is 13.1 Å². The summed E-state index contributed by atoms with van der Waals surface area (Å²) in [4.78, 5) is 2.36. The van der Waals surface area contributed by atoms with E-state index in [1.165, 1.54) is 0 Å². The lowest BCUT2D eigenvalue weighted by Crippen LogP contribution is -2.33. The predicted octanol–water partition coefficient (Wildman–Crippen LogP) is 4.54. The topological polar surface area (TPSA) is 23.5 Å². The smallest absolute Gasteiger partial charge is 0.0817 e. The third-order valence-corrected chi connectivity index (χ3v) is 4.10. The number of halogens is 2. The molecule has 1 aromatic rings. The van der Waals surface area contributed by atoms with Gasteiger partial charge >= 0.3 is 0 Å². The Hall–Kier alpha value is -0.280. The summed E-state index contributed by atoms with van der Waals surface area (Å²) < 4.78 is 0. The van der Waals surface area contributed by atoms with Crippen molar-refractivity contribution in [2.45, 2.75) is 45.8 Å². The van der Waals surface area contributed by atoms with Crippen LogP contribution >= 0.6 is 23.2 Å². The molecule has 0 spiro atoms. The average molecular weight is 304 g/mol. The quantitative estimate of drug-likeness (QED) is 0.799. The highest BCUT2D eigenvalue weighted by atomic mass is 35.5. The lowest BCUT2D eigenvalue weighted by Gasteiger charge is -2.27. The average Bonchev–Trinajstić information content (AvgIpc) is 2.37. The van der Waals surface area contributed by atoms with E-state index in [4.69, 9.17) is 23.2 Å². The van der Waals surface area contributed by atoms with Crippen molar-refractivity contribution in [1.82, 2.24) is 4.90 Å². The second-order valence-corrected chi connectivity index (χ2v) is 5.86. The molecule has 2 nitrogen and oxygen atoms in total. The maximum absolute atomic E-state index is 10.3. The predicted molar refractivity (Wildman–Crippen MR) is 83.0 cm³/mol. The SMILES string of the molecule is CCCN(CCC(O)c1cccc(Cl)c1Cl)C(C)C. The van der Waals surface area contributed by atoms with Crippen molar-refractivity contribution in [3.8, 4) is 0 Å². The zero-order chi connectivity index (χ0) is 14.4. The Morgan fingerprint density at radius 1 is 1.21 bits per heavy atom. The summed E-state index contributed by atoms with van der Waals surface area (Å²) in [6.45, 7) is 8.42. The maximum Gasteiger partial charge on any atom is 0.0817 e. The molecule has 4 heteroatoms. The minimum absolute atomic E-state index is 0.461. The van der Waals surface area contributed by atoms with Crippen LogP contribution in [0.3, 0.4) is 0 Å². The fourth-order valence-electron chi connectivity index (χ4n) is 2.14. The number of aliphatic hydroxyl groups is 1. The highest BCUT2D eigenvalue weighted by Crippen LogP contribution is 2.31. The van der Waals surface area contributed by atoms with Crippen LogP contribution in [0.4, 0.5) is 0 Å². The lowest BCUT2D eigenvalue weighted by molar-refractivity contribution is 0.130. The van der Waals surface area contributed by atoms with Crippen LogP contribution in [-0.2, 0) is 0 Å². The van der Waals surface area contributed by atoms with Gasteiger partial charge in [0.05, 0.1) is 16.1 Å². The highest BCUT2D eigenvalue weighted by Gasteiger charge is 2.16. The maximum atomic E-state index is 10.3. The number of rotatable bonds is 7. The van der Waals surface area contributed by atoms with Crippen LogP contribution in [0.25, 0.3) is 0 Å². The Kier molecular flexibility index (Phi) is 7.16. The summed E-state index contributed by atoms with van der Waals surface area (Å²) in [5, 5.41) is 11.2. The van der Waals surface area contributed by atoms with Crippen LogP contribution in [0.2, 0.25) is 10.0 Å². The molecular formula is C15H23Cl2NO. The number of nitrogens with zero attached hydrogens (tertiary/aromatic N) is 1. The molecule has 0 aromatic heterocycles. The van der Waals surface area contributed by atoms with E-state index in [-0.39, 0.29) is 0 Å². The van der Waals surface area contributed by atoms with E-state index in [1.807, 2.05) is 12.1 Å². The van der Waals surface area contributed by atoms with E-state index in [2.05, 4.69) is 25.7 Å². The summed E-state index contributed by atoms with van der Waals surface area (Å²) in [7, 11) is 0. The molecule has 0 bridgehead atoms. The van der Waals surface area contributed by atoms with Crippen molar-refractivity contribution in [1.29, 1.82) is 0 Å². The van der Waals surface area contributed by atoms with Crippen LogP contribution in [0.1, 0.15) is 45.3 Å². The van der Waals surface area contributed by atoms with Gasteiger partial charge in [0.25, 0.3) is 0 Å². The molecule has 19 heavy (non-hydrogen) atoms. The Morgan fingerprint density at radius 3 is 2.47 bits per heavy atom. The van der Waals surface area contributed by atoms with Gasteiger partial charge in [-0.3, -0.25) is 0 Å². The molecule has 0 saturated heterocycles. The molecule has 1 atom stereocenters. The van der Waals surface area contributed by atoms with Gasteiger partial charge in [0.15, 0.2) is 0 Å². The lowest BCUT2D eigenvalue weighted by atomic mass is 10.1. The molecule has 0 radical (unpaired) electrons. The molecule has 0 aliphatic rings. The molecule has 0 amide bonds. The Bertz CT molecular complexity index is 396. The number of hydrogen-bond acceptors (Lipinski definition) is 2. The number of benzene rings is 1. The van der Waals surface area contributed by atoms with E-state index in [0.29, 0.717) is 22.5 Å². The summed E-state index contributed by atoms with van der Waals surface area (Å²) in [5.41, 5.74) is 0.717. The standard InChI is InChI=1S/C15H23Cl2NO/c1-4-9-18(11(2)3)10-8-14(19)12-6-5-7-13(16)15(12)17/h5-7,11,14,19H,4,8-10H2,1-3H3. The summed E-state index contributed by atoms with van der Waals surface area (Å²) in [6.07, 6.45) is 1.22. The molecule has 1 unspecified atom stereocenters. The van der Waals surface area contributed by atoms with Crippen LogP contribution < -0.4 is 0 Å². The molecule has 0 fully saturated rings. The van der Waals surface area contributed by atoms with Gasteiger partial charge in [-0.1, -0.05) is 42.3 Å². The zero-order valence-electron chi connectivity index (χ0n) is 11.9. The van der Waals surface area contributed by atoms with Gasteiger partial charge in [0, 0.05) is 18.2 Å². The first-order valence-electron chi connectivity index (χ1n) is 6.83. The van der Waals surface area contributed by atoms with E-state index in [1.54, 1.807) is 6.07 Å². The summed E-state index contributed by atoms with van der Waals surface area (Å²) >= 11 is 12.1. The van der Waals surface area contributed by atoms with Crippen LogP contribution in [0.15, 0.2) is 18.2 Å². The monoisotopic (exact) mass is 303 g/mol. The first-order valence-corrected chi connectivity index (χ1v) is 7.59. The molecular weight excluding hydrogens is 281 g/mol. The van der Waals surface area contributed by atoms with Gasteiger partial charge in [0.1, 0.15) is 0 Å². The Balaban J connectivity index is 2.64. The van der Waals surface area contributed by atoms with Gasteiger partial charge in [0.2, 0.25) is 0 Å². The molecule has 0 saturated carbocycles. The van der Waals surface area contributed by atoms with E-state index < -0.39 is 6.10 Å². The van der Waals surface area contributed by atoms with Crippen molar-refractivity contribution < 1.29 is 5.11 Å². The minimum Gasteiger partial charge on any atom is -0.388 e. The largest absolute Gasteiger partial charge is 0.388 e. The van der Waals surface area contributed by atoms with Crippen molar-refractivity contribution >= 4 is 23.2 Å². The van der Waals surface area contributed by atoms with Crippen LogP contribution in [0, 0.1) is 0 Å². The molecule has 108 valence electrons. The Labute approximate surface area is 126 Å². The van der Waals surface area contributed by atoms with Gasteiger partial charge in [-0.15, -0.1) is 0 Å². The second kappa shape index (κ2) is 8.11. The molecule has 0 aliphatic heterocycles. The first-order chi connectivity index (χ1) is 8.97. The zero-order valence-corrected chi connectivity index (χ0v) is 13.4. The van der Waals surface area contributed by atoms with Gasteiger partial charge in [-0.05, 0) is 39.3 Å². The van der Waals surface area contributed by atoms with Crippen LogP contribution in [-0.4, -0.2) is 29.1 Å². The molecule has 0 aliphatic carbocycles. The normalized spacial score (nSPS) is 13.3. The second-order valence-electron chi connectivity index (χ2n) is 5.08. The molecule has 0 heterocycles. The molecule has 1 aromatic carbocycles. The van der Waals surface area contributed by atoms with Crippen molar-refractivity contribution in [3.05, 3.63) is 33.8 Å². The third kappa shape index (κ3) is 4.96. The molecule has 1 rings (SSSR count). The van der Waals surface area contributed by atoms with E-state index in [0.717, 1.165) is 25.1 Å².